The van der Waals surface area contributed by atoms with Crippen molar-refractivity contribution in [1.29, 1.82) is 0 Å². The highest BCUT2D eigenvalue weighted by Crippen LogP contribution is 2.53. The second kappa shape index (κ2) is 11.6. The van der Waals surface area contributed by atoms with Crippen molar-refractivity contribution in [3.8, 4) is 0 Å². The van der Waals surface area contributed by atoms with Crippen LogP contribution in [0.1, 0.15) is 124 Å². The largest absolute Gasteiger partial charge is 0.311 e. The maximum atomic E-state index is 2.65. The maximum Gasteiger partial charge on any atom is 0.264 e. The van der Waals surface area contributed by atoms with E-state index >= 15 is 0 Å². The van der Waals surface area contributed by atoms with Crippen molar-refractivity contribution >= 4 is 78.0 Å². The molecule has 2 aliphatic heterocycles. The Morgan fingerprint density at radius 1 is 0.545 bits per heavy atom. The van der Waals surface area contributed by atoms with Crippen LogP contribution in [0.5, 0.6) is 0 Å². The van der Waals surface area contributed by atoms with E-state index in [4.69, 9.17) is 0 Å². The minimum Gasteiger partial charge on any atom is -0.311 e. The Kier molecular flexibility index (Phi) is 7.69. The van der Waals surface area contributed by atoms with Crippen molar-refractivity contribution in [3.05, 3.63) is 125 Å². The average Bonchev–Trinajstić information content (AvgIpc) is 3.56. The van der Waals surface area contributed by atoms with Crippen molar-refractivity contribution in [2.45, 2.75) is 124 Å². The number of hydrogen-bond donors (Lipinski definition) is 0. The zero-order valence-electron chi connectivity index (χ0n) is 35.3. The Morgan fingerprint density at radius 2 is 1.11 bits per heavy atom. The van der Waals surface area contributed by atoms with Crippen LogP contribution in [-0.2, 0) is 27.1 Å². The number of thiophene rings is 1. The molecular formula is C51H57BN2S. The van der Waals surface area contributed by atoms with Gasteiger partial charge in [-0.2, -0.15) is 0 Å². The van der Waals surface area contributed by atoms with Crippen LogP contribution in [0.25, 0.3) is 10.1 Å². The highest BCUT2D eigenvalue weighted by Gasteiger charge is 2.47. The topological polar surface area (TPSA) is 6.48 Å². The number of nitrogens with zero attached hydrogens (tertiary/aromatic N) is 2. The summed E-state index contributed by atoms with van der Waals surface area (Å²) in [6.45, 7) is 30.8. The van der Waals surface area contributed by atoms with Crippen LogP contribution in [0.4, 0.5) is 34.1 Å². The molecule has 1 aromatic heterocycles. The van der Waals surface area contributed by atoms with Crippen LogP contribution in [-0.4, -0.2) is 6.71 Å². The summed E-state index contributed by atoms with van der Waals surface area (Å²) in [4.78, 5) is 5.20. The van der Waals surface area contributed by atoms with Gasteiger partial charge in [-0.1, -0.05) is 132 Å². The van der Waals surface area contributed by atoms with Crippen LogP contribution >= 0.6 is 11.3 Å². The summed E-state index contributed by atoms with van der Waals surface area (Å²) < 4.78 is 2.80. The van der Waals surface area contributed by atoms with Gasteiger partial charge in [-0.05, 0) is 127 Å². The van der Waals surface area contributed by atoms with E-state index < -0.39 is 0 Å². The molecule has 4 heteroatoms. The summed E-state index contributed by atoms with van der Waals surface area (Å²) in [6, 6.07) is 38.4. The molecule has 280 valence electrons. The number of hydrogen-bond acceptors (Lipinski definition) is 3. The van der Waals surface area contributed by atoms with E-state index in [9.17, 15) is 0 Å². The first-order valence-electron chi connectivity index (χ1n) is 20.4. The monoisotopic (exact) mass is 740 g/mol. The molecule has 0 unspecified atom stereocenters. The predicted molar refractivity (Wildman–Crippen MR) is 243 cm³/mol. The van der Waals surface area contributed by atoms with Crippen molar-refractivity contribution in [2.24, 2.45) is 0 Å². The van der Waals surface area contributed by atoms with Gasteiger partial charge in [0.25, 0.3) is 6.71 Å². The molecular weight excluding hydrogens is 683 g/mol. The lowest BCUT2D eigenvalue weighted by Crippen LogP contribution is -2.60. The fraction of sp³-hybridized carbons (Fsp3) is 0.373. The smallest absolute Gasteiger partial charge is 0.264 e. The molecule has 5 aromatic carbocycles. The van der Waals surface area contributed by atoms with Crippen LogP contribution in [0, 0.1) is 0 Å². The van der Waals surface area contributed by atoms with Gasteiger partial charge in [-0.25, -0.2) is 0 Å². The fourth-order valence-electron chi connectivity index (χ4n) is 10.1. The van der Waals surface area contributed by atoms with Gasteiger partial charge in [0.05, 0.1) is 5.69 Å². The van der Waals surface area contributed by atoms with Gasteiger partial charge in [-0.15, -0.1) is 11.3 Å². The van der Waals surface area contributed by atoms with Gasteiger partial charge in [0.15, 0.2) is 0 Å². The Labute approximate surface area is 334 Å². The Balaban J connectivity index is 1.37. The van der Waals surface area contributed by atoms with Crippen LogP contribution in [0.15, 0.2) is 97.1 Å². The van der Waals surface area contributed by atoms with Gasteiger partial charge < -0.3 is 9.80 Å². The first kappa shape index (κ1) is 36.4. The molecule has 6 aromatic rings. The summed E-state index contributed by atoms with van der Waals surface area (Å²) in [6.07, 6.45) is 1.15. The van der Waals surface area contributed by atoms with Crippen molar-refractivity contribution < 1.29 is 0 Å². The van der Waals surface area contributed by atoms with E-state index in [2.05, 4.69) is 197 Å². The second-order valence-electron chi connectivity index (χ2n) is 21.1. The number of fused-ring (bicyclic) bond motifs is 7. The lowest BCUT2D eigenvalue weighted by atomic mass is 9.36. The molecule has 0 saturated carbocycles. The molecule has 0 spiro atoms. The van der Waals surface area contributed by atoms with Gasteiger partial charge in [-0.3, -0.25) is 0 Å². The third kappa shape index (κ3) is 5.56. The lowest BCUT2D eigenvalue weighted by molar-refractivity contribution is 0.403. The molecule has 0 atom stereocenters. The molecule has 1 aliphatic carbocycles. The fourth-order valence-corrected chi connectivity index (χ4v) is 11.4. The molecule has 3 heterocycles. The zero-order chi connectivity index (χ0) is 39.2. The molecule has 0 amide bonds. The zero-order valence-corrected chi connectivity index (χ0v) is 36.1. The van der Waals surface area contributed by atoms with E-state index in [-0.39, 0.29) is 33.8 Å². The molecule has 2 nitrogen and oxygen atoms in total. The Morgan fingerprint density at radius 3 is 1.76 bits per heavy atom. The summed E-state index contributed by atoms with van der Waals surface area (Å²) in [7, 11) is 0. The molecule has 0 radical (unpaired) electrons. The molecule has 0 bridgehead atoms. The van der Waals surface area contributed by atoms with Crippen LogP contribution in [0.3, 0.4) is 0 Å². The van der Waals surface area contributed by atoms with Gasteiger partial charge in [0.1, 0.15) is 0 Å². The summed E-state index contributed by atoms with van der Waals surface area (Å²) in [5.74, 6) is 0. The molecule has 55 heavy (non-hydrogen) atoms. The van der Waals surface area contributed by atoms with Gasteiger partial charge in [0, 0.05) is 43.3 Å². The highest BCUT2D eigenvalue weighted by atomic mass is 32.1. The number of benzene rings is 5. The Hall–Kier alpha value is -4.28. The quantitative estimate of drug-likeness (QED) is 0.163. The lowest BCUT2D eigenvalue weighted by Gasteiger charge is -2.43. The summed E-state index contributed by atoms with van der Waals surface area (Å²) in [5.41, 5.74) is 17.9. The number of rotatable bonds is 2. The minimum absolute atomic E-state index is 0.0182. The summed E-state index contributed by atoms with van der Waals surface area (Å²) >= 11 is 2.00. The molecule has 0 saturated heterocycles. The summed E-state index contributed by atoms with van der Waals surface area (Å²) in [5, 5.41) is 1.36. The second-order valence-corrected chi connectivity index (χ2v) is 22.2. The van der Waals surface area contributed by atoms with Crippen molar-refractivity contribution in [3.63, 3.8) is 0 Å². The molecule has 3 aliphatic rings. The van der Waals surface area contributed by atoms with Gasteiger partial charge in [0.2, 0.25) is 0 Å². The van der Waals surface area contributed by atoms with E-state index in [0.717, 1.165) is 6.42 Å². The van der Waals surface area contributed by atoms with Crippen LogP contribution < -0.4 is 25.5 Å². The average molecular weight is 741 g/mol. The third-order valence-corrected chi connectivity index (χ3v) is 14.1. The van der Waals surface area contributed by atoms with E-state index in [1.807, 2.05) is 11.3 Å². The SMILES string of the molecule is CC(C)(C)c1ccc(N2c3ccc(C(C)(C)C)cc3B3c4sc5ccc(C(C)(C)C)cc5c4N(c4ccc5c(c4)C(C)(C)CC5(C)C)c4cccc2c43)cc1. The normalized spacial score (nSPS) is 16.9. The highest BCUT2D eigenvalue weighted by molar-refractivity contribution is 7.33. The van der Waals surface area contributed by atoms with Gasteiger partial charge >= 0.3 is 0 Å². The van der Waals surface area contributed by atoms with E-state index in [1.165, 1.54) is 87.7 Å². The number of anilines is 6. The third-order valence-electron chi connectivity index (χ3n) is 12.9. The first-order chi connectivity index (χ1) is 25.6. The minimum atomic E-state index is 0.0182. The predicted octanol–water partition coefficient (Wildman–Crippen LogP) is 12.8. The molecule has 0 N–H and O–H groups in total. The van der Waals surface area contributed by atoms with Crippen LogP contribution in [0.2, 0.25) is 0 Å². The maximum absolute atomic E-state index is 2.65. The van der Waals surface area contributed by atoms with Crippen molar-refractivity contribution in [1.82, 2.24) is 0 Å². The van der Waals surface area contributed by atoms with Crippen molar-refractivity contribution in [2.75, 3.05) is 9.80 Å². The Bertz CT molecular complexity index is 2530. The molecule has 0 fully saturated rings. The van der Waals surface area contributed by atoms with E-state index in [0.29, 0.717) is 0 Å². The van der Waals surface area contributed by atoms with E-state index in [1.54, 1.807) is 0 Å². The first-order valence-corrected chi connectivity index (χ1v) is 21.2. The standard InChI is InChI=1S/C51H57BN2S/c1-47(2,3)31-17-21-34(22-18-31)53-40-25-19-33(49(7,8)9)28-39(40)52-44-41(53)15-14-16-42(44)54(35-23-24-37-38(29-35)51(12,13)30-50(37,10)11)45-36-27-32(48(4,5)6)20-26-43(36)55-46(45)52/h14-29H,30H2,1-13H3. The molecule has 9 rings (SSSR count).